The average Bonchev–Trinajstić information content (AvgIpc) is 3.00. The number of hydrogen-bond donors (Lipinski definition) is 0. The zero-order chi connectivity index (χ0) is 20.3. The molecule has 1 unspecified atom stereocenters. The van der Waals surface area contributed by atoms with Crippen molar-refractivity contribution in [3.8, 4) is 6.07 Å². The number of nitriles is 1. The molecule has 3 heterocycles. The molecule has 1 amide bonds. The first-order chi connectivity index (χ1) is 13.3. The highest BCUT2D eigenvalue weighted by molar-refractivity contribution is 7.89. The second-order valence-electron chi connectivity index (χ2n) is 7.43. The summed E-state index contributed by atoms with van der Waals surface area (Å²) < 4.78 is 28.0. The predicted octanol–water partition coefficient (Wildman–Crippen LogP) is 0.475. The predicted molar refractivity (Wildman–Crippen MR) is 105 cm³/mol. The van der Waals surface area contributed by atoms with Gasteiger partial charge in [-0.15, -0.1) is 0 Å². The largest absolute Gasteiger partial charge is 0.296 e. The fourth-order valence-electron chi connectivity index (χ4n) is 4.03. The second kappa shape index (κ2) is 8.59. The van der Waals surface area contributed by atoms with Gasteiger partial charge in [-0.3, -0.25) is 19.3 Å². The molecule has 2 fully saturated rings. The lowest BCUT2D eigenvalue weighted by Crippen LogP contribution is -2.58. The first-order valence-corrected chi connectivity index (χ1v) is 11.4. The Hall–Kier alpha value is -1.96. The van der Waals surface area contributed by atoms with E-state index in [1.54, 1.807) is 9.58 Å². The molecular weight excluding hydrogens is 380 g/mol. The van der Waals surface area contributed by atoms with Crippen LogP contribution in [0.15, 0.2) is 6.07 Å². The quantitative estimate of drug-likeness (QED) is 0.634. The minimum Gasteiger partial charge on any atom is -0.296 e. The summed E-state index contributed by atoms with van der Waals surface area (Å²) in [7, 11) is -1.49. The molecule has 0 bridgehead atoms. The lowest BCUT2D eigenvalue weighted by Gasteiger charge is -2.42. The minimum atomic E-state index is -3.33. The van der Waals surface area contributed by atoms with Crippen molar-refractivity contribution in [2.24, 2.45) is 7.05 Å². The Balaban J connectivity index is 1.62. The smallest absolute Gasteiger partial charge is 0.245 e. The van der Waals surface area contributed by atoms with Crippen LogP contribution in [0.4, 0.5) is 5.82 Å². The summed E-state index contributed by atoms with van der Waals surface area (Å²) in [5, 5.41) is 12.9. The van der Waals surface area contributed by atoms with Gasteiger partial charge in [-0.05, 0) is 26.2 Å². The van der Waals surface area contributed by atoms with Crippen molar-refractivity contribution in [1.29, 1.82) is 5.26 Å². The number of anilines is 1. The Morgan fingerprint density at radius 2 is 1.96 bits per heavy atom. The highest BCUT2D eigenvalue weighted by Gasteiger charge is 2.37. The molecule has 0 aliphatic carbocycles. The molecule has 1 atom stereocenters. The minimum absolute atomic E-state index is 0.0105. The van der Waals surface area contributed by atoms with Crippen LogP contribution in [-0.4, -0.2) is 77.8 Å². The molecule has 9 nitrogen and oxygen atoms in total. The number of hydrogen-bond acceptors (Lipinski definition) is 6. The number of nitrogens with zero attached hydrogens (tertiary/aromatic N) is 6. The number of rotatable bonds is 6. The van der Waals surface area contributed by atoms with Crippen LogP contribution in [0.1, 0.15) is 31.4 Å². The number of carbonyl (C=O) groups excluding carboxylic acids is 1. The van der Waals surface area contributed by atoms with Crippen molar-refractivity contribution in [1.82, 2.24) is 19.0 Å². The number of amides is 1. The molecule has 28 heavy (non-hydrogen) atoms. The van der Waals surface area contributed by atoms with E-state index in [9.17, 15) is 13.2 Å². The first-order valence-electron chi connectivity index (χ1n) is 9.74. The molecule has 0 radical (unpaired) electrons. The van der Waals surface area contributed by atoms with Crippen LogP contribution in [0.2, 0.25) is 0 Å². The van der Waals surface area contributed by atoms with E-state index >= 15 is 0 Å². The van der Waals surface area contributed by atoms with Gasteiger partial charge in [0.25, 0.3) is 0 Å². The average molecular weight is 409 g/mol. The van der Waals surface area contributed by atoms with Crippen molar-refractivity contribution < 1.29 is 13.2 Å². The molecule has 2 aliphatic rings. The Labute approximate surface area is 166 Å². The first kappa shape index (κ1) is 20.8. The molecule has 2 aliphatic heterocycles. The monoisotopic (exact) mass is 408 g/mol. The van der Waals surface area contributed by atoms with E-state index in [1.807, 2.05) is 26.1 Å². The van der Waals surface area contributed by atoms with Gasteiger partial charge in [0.2, 0.25) is 15.9 Å². The molecule has 2 saturated heterocycles. The molecule has 0 N–H and O–H groups in total. The molecule has 0 spiro atoms. The van der Waals surface area contributed by atoms with E-state index in [2.05, 4.69) is 10.00 Å². The van der Waals surface area contributed by atoms with Gasteiger partial charge in [0.05, 0.1) is 23.6 Å². The summed E-state index contributed by atoms with van der Waals surface area (Å²) in [4.78, 5) is 17.0. The van der Waals surface area contributed by atoms with E-state index in [1.165, 1.54) is 4.31 Å². The molecule has 0 saturated carbocycles. The summed E-state index contributed by atoms with van der Waals surface area (Å²) >= 11 is 0. The standard InChI is InChI=1S/C18H28N6O3S/c1-15-14-17(21(2)20-15)24-8-5-6-16(18(24)25)22-9-11-23(12-10-22)28(26,27)13-4-3-7-19/h14,16H,3-6,8-13H2,1-2H3. The Morgan fingerprint density at radius 1 is 1.25 bits per heavy atom. The second-order valence-corrected chi connectivity index (χ2v) is 9.52. The maximum atomic E-state index is 13.1. The van der Waals surface area contributed by atoms with E-state index in [-0.39, 0.29) is 24.1 Å². The van der Waals surface area contributed by atoms with Gasteiger partial charge in [-0.25, -0.2) is 8.42 Å². The zero-order valence-electron chi connectivity index (χ0n) is 16.5. The van der Waals surface area contributed by atoms with Crippen molar-refractivity contribution in [3.63, 3.8) is 0 Å². The third kappa shape index (κ3) is 4.37. The third-order valence-electron chi connectivity index (χ3n) is 5.46. The van der Waals surface area contributed by atoms with Crippen LogP contribution < -0.4 is 4.90 Å². The van der Waals surface area contributed by atoms with Crippen LogP contribution in [0.5, 0.6) is 0 Å². The Kier molecular flexibility index (Phi) is 6.37. The highest BCUT2D eigenvalue weighted by Crippen LogP contribution is 2.25. The van der Waals surface area contributed by atoms with Gasteiger partial charge >= 0.3 is 0 Å². The van der Waals surface area contributed by atoms with Crippen LogP contribution in [0.25, 0.3) is 0 Å². The summed E-state index contributed by atoms with van der Waals surface area (Å²) in [6, 6.07) is 3.69. The molecule has 10 heteroatoms. The number of sulfonamides is 1. The molecule has 154 valence electrons. The van der Waals surface area contributed by atoms with Gasteiger partial charge in [0.1, 0.15) is 5.82 Å². The maximum Gasteiger partial charge on any atom is 0.245 e. The number of aryl methyl sites for hydroxylation is 2. The van der Waals surface area contributed by atoms with Crippen LogP contribution >= 0.6 is 0 Å². The van der Waals surface area contributed by atoms with Gasteiger partial charge in [-0.2, -0.15) is 14.7 Å². The number of piperazine rings is 1. The van der Waals surface area contributed by atoms with E-state index in [4.69, 9.17) is 5.26 Å². The van der Waals surface area contributed by atoms with Gasteiger partial charge in [0, 0.05) is 52.3 Å². The summed E-state index contributed by atoms with van der Waals surface area (Å²) in [5.41, 5.74) is 0.877. The molecular formula is C18H28N6O3S. The number of aromatic nitrogens is 2. The lowest BCUT2D eigenvalue weighted by atomic mass is 10.0. The van der Waals surface area contributed by atoms with E-state index in [0.29, 0.717) is 39.1 Å². The summed E-state index contributed by atoms with van der Waals surface area (Å²) in [6.07, 6.45) is 2.31. The highest BCUT2D eigenvalue weighted by atomic mass is 32.2. The van der Waals surface area contributed by atoms with Crippen LogP contribution in [-0.2, 0) is 21.9 Å². The van der Waals surface area contributed by atoms with Crippen molar-refractivity contribution >= 4 is 21.7 Å². The van der Waals surface area contributed by atoms with Crippen molar-refractivity contribution in [2.45, 2.75) is 38.6 Å². The molecule has 1 aromatic heterocycles. The van der Waals surface area contributed by atoms with E-state index < -0.39 is 10.0 Å². The van der Waals surface area contributed by atoms with Gasteiger partial charge in [0.15, 0.2) is 0 Å². The number of piperidine rings is 1. The number of carbonyl (C=O) groups is 1. The lowest BCUT2D eigenvalue weighted by molar-refractivity contribution is -0.126. The molecule has 1 aromatic rings. The van der Waals surface area contributed by atoms with E-state index in [0.717, 1.165) is 24.4 Å². The van der Waals surface area contributed by atoms with Crippen LogP contribution in [0.3, 0.4) is 0 Å². The fourth-order valence-corrected chi connectivity index (χ4v) is 5.52. The maximum absolute atomic E-state index is 13.1. The van der Waals surface area contributed by atoms with Crippen LogP contribution in [0, 0.1) is 18.3 Å². The molecule has 0 aromatic carbocycles. The summed E-state index contributed by atoms with van der Waals surface area (Å²) in [5.74, 6) is 0.891. The fraction of sp³-hybridized carbons (Fsp3) is 0.722. The van der Waals surface area contributed by atoms with Gasteiger partial charge < -0.3 is 0 Å². The zero-order valence-corrected chi connectivity index (χ0v) is 17.4. The van der Waals surface area contributed by atoms with Gasteiger partial charge in [-0.1, -0.05) is 0 Å². The topological polar surface area (TPSA) is 103 Å². The third-order valence-corrected chi connectivity index (χ3v) is 7.42. The number of unbranched alkanes of at least 4 members (excludes halogenated alkanes) is 1. The van der Waals surface area contributed by atoms with Crippen molar-refractivity contribution in [3.05, 3.63) is 11.8 Å². The van der Waals surface area contributed by atoms with Crippen molar-refractivity contribution in [2.75, 3.05) is 43.4 Å². The Morgan fingerprint density at radius 3 is 2.57 bits per heavy atom. The summed E-state index contributed by atoms with van der Waals surface area (Å²) in [6.45, 7) is 4.47. The Bertz CT molecular complexity index is 851. The normalized spacial score (nSPS) is 22.4. The SMILES string of the molecule is Cc1cc(N2CCCC(N3CCN(S(=O)(=O)CCCC#N)CC3)C2=O)n(C)n1. The molecule has 3 rings (SSSR count).